The number of hydrogen-bond acceptors (Lipinski definition) is 6. The first-order valence-corrected chi connectivity index (χ1v) is 7.49. The smallest absolute Gasteiger partial charge is 0.340 e. The summed E-state index contributed by atoms with van der Waals surface area (Å²) in [6.07, 6.45) is 0. The molecule has 0 heterocycles. The molecule has 3 N–H and O–H groups in total. The topological polar surface area (TPSA) is 125 Å². The predicted octanol–water partition coefficient (Wildman–Crippen LogP) is 3.28. The van der Waals surface area contributed by atoms with Crippen LogP contribution in [-0.4, -0.2) is 23.4 Å². The third-order valence-electron chi connectivity index (χ3n) is 3.00. The number of rotatable bonds is 5. The van der Waals surface area contributed by atoms with Gasteiger partial charge in [0.25, 0.3) is 11.6 Å². The van der Waals surface area contributed by atoms with Crippen LogP contribution in [0.2, 0.25) is 10.0 Å². The van der Waals surface area contributed by atoms with Gasteiger partial charge in [-0.2, -0.15) is 0 Å². The molecule has 130 valence electrons. The van der Waals surface area contributed by atoms with E-state index in [1.54, 1.807) is 0 Å². The van der Waals surface area contributed by atoms with Gasteiger partial charge in [0, 0.05) is 21.8 Å². The highest BCUT2D eigenvalue weighted by Crippen LogP contribution is 2.27. The van der Waals surface area contributed by atoms with Crippen LogP contribution in [0.5, 0.6) is 0 Å². The highest BCUT2D eigenvalue weighted by atomic mass is 35.5. The zero-order valence-electron chi connectivity index (χ0n) is 12.5. The standard InChI is InChI=1S/C15H11Cl2N3O5/c16-8-1-3-10(11(18)5-8)15(22)25-7-14(21)19-12-4-2-9(17)6-13(12)20(23)24/h1-6H,7,18H2,(H,19,21). The molecular formula is C15H11Cl2N3O5. The number of anilines is 2. The fraction of sp³-hybridized carbons (Fsp3) is 0.0667. The van der Waals surface area contributed by atoms with Gasteiger partial charge in [0.2, 0.25) is 0 Å². The average Bonchev–Trinajstić information content (AvgIpc) is 2.54. The molecule has 0 aliphatic carbocycles. The van der Waals surface area contributed by atoms with E-state index in [2.05, 4.69) is 5.32 Å². The summed E-state index contributed by atoms with van der Waals surface area (Å²) < 4.78 is 4.84. The molecule has 0 aromatic heterocycles. The number of nitrogen functional groups attached to an aromatic ring is 1. The molecule has 0 fully saturated rings. The highest BCUT2D eigenvalue weighted by molar-refractivity contribution is 6.31. The van der Waals surface area contributed by atoms with E-state index >= 15 is 0 Å². The number of halogens is 2. The van der Waals surface area contributed by atoms with E-state index < -0.39 is 23.4 Å². The monoisotopic (exact) mass is 383 g/mol. The number of carbonyl (C=O) groups excluding carboxylic acids is 2. The van der Waals surface area contributed by atoms with Gasteiger partial charge in [-0.05, 0) is 30.3 Å². The van der Waals surface area contributed by atoms with Crippen molar-refractivity contribution in [1.29, 1.82) is 0 Å². The summed E-state index contributed by atoms with van der Waals surface area (Å²) in [6, 6.07) is 7.93. The van der Waals surface area contributed by atoms with Crippen LogP contribution in [0.25, 0.3) is 0 Å². The van der Waals surface area contributed by atoms with E-state index in [0.29, 0.717) is 5.02 Å². The Morgan fingerprint density at radius 2 is 1.80 bits per heavy atom. The van der Waals surface area contributed by atoms with E-state index in [-0.39, 0.29) is 27.6 Å². The Hall–Kier alpha value is -2.84. The van der Waals surface area contributed by atoms with Gasteiger partial charge in [0.05, 0.1) is 10.5 Å². The fourth-order valence-electron chi connectivity index (χ4n) is 1.88. The first-order valence-electron chi connectivity index (χ1n) is 6.74. The molecule has 0 saturated heterocycles. The average molecular weight is 384 g/mol. The van der Waals surface area contributed by atoms with Crippen LogP contribution in [0.1, 0.15) is 10.4 Å². The summed E-state index contributed by atoms with van der Waals surface area (Å²) in [7, 11) is 0. The van der Waals surface area contributed by atoms with Crippen molar-refractivity contribution in [3.05, 3.63) is 62.1 Å². The molecule has 2 aromatic rings. The lowest BCUT2D eigenvalue weighted by Gasteiger charge is -2.08. The molecule has 0 atom stereocenters. The highest BCUT2D eigenvalue weighted by Gasteiger charge is 2.18. The van der Waals surface area contributed by atoms with Crippen LogP contribution in [0.3, 0.4) is 0 Å². The summed E-state index contributed by atoms with van der Waals surface area (Å²) in [6.45, 7) is -0.652. The van der Waals surface area contributed by atoms with E-state index in [4.69, 9.17) is 33.7 Å². The van der Waals surface area contributed by atoms with Gasteiger partial charge in [-0.3, -0.25) is 14.9 Å². The molecule has 25 heavy (non-hydrogen) atoms. The van der Waals surface area contributed by atoms with E-state index in [9.17, 15) is 19.7 Å². The van der Waals surface area contributed by atoms with Crippen LogP contribution >= 0.6 is 23.2 Å². The lowest BCUT2D eigenvalue weighted by Crippen LogP contribution is -2.21. The number of hydrogen-bond donors (Lipinski definition) is 2. The number of nitrogens with two attached hydrogens (primary N) is 1. The van der Waals surface area contributed by atoms with Crippen LogP contribution in [0.4, 0.5) is 17.1 Å². The maximum Gasteiger partial charge on any atom is 0.340 e. The minimum atomic E-state index is -0.824. The Balaban J connectivity index is 2.01. The molecule has 1 amide bonds. The predicted molar refractivity (Wildman–Crippen MR) is 92.9 cm³/mol. The molecule has 2 aromatic carbocycles. The van der Waals surface area contributed by atoms with Crippen molar-refractivity contribution in [2.45, 2.75) is 0 Å². The minimum Gasteiger partial charge on any atom is -0.452 e. The van der Waals surface area contributed by atoms with Crippen molar-refractivity contribution in [2.75, 3.05) is 17.7 Å². The molecule has 0 aliphatic heterocycles. The van der Waals surface area contributed by atoms with Gasteiger partial charge < -0.3 is 15.8 Å². The summed E-state index contributed by atoms with van der Waals surface area (Å²) in [4.78, 5) is 34.0. The zero-order valence-corrected chi connectivity index (χ0v) is 14.0. The lowest BCUT2D eigenvalue weighted by atomic mass is 10.2. The summed E-state index contributed by atoms with van der Waals surface area (Å²) in [5.74, 6) is -1.58. The number of carbonyl (C=O) groups is 2. The van der Waals surface area contributed by atoms with Crippen molar-refractivity contribution in [1.82, 2.24) is 0 Å². The second-order valence-corrected chi connectivity index (χ2v) is 5.65. The third-order valence-corrected chi connectivity index (χ3v) is 3.47. The quantitative estimate of drug-likeness (QED) is 0.353. The van der Waals surface area contributed by atoms with Crippen molar-refractivity contribution >= 4 is 52.1 Å². The van der Waals surface area contributed by atoms with E-state index in [1.165, 1.54) is 30.3 Å². The number of amides is 1. The Bertz CT molecular complexity index is 857. The fourth-order valence-corrected chi connectivity index (χ4v) is 2.22. The van der Waals surface area contributed by atoms with Gasteiger partial charge in [-0.1, -0.05) is 23.2 Å². The Morgan fingerprint density at radius 3 is 2.44 bits per heavy atom. The van der Waals surface area contributed by atoms with Crippen molar-refractivity contribution in [3.8, 4) is 0 Å². The number of esters is 1. The van der Waals surface area contributed by atoms with Crippen LogP contribution in [0.15, 0.2) is 36.4 Å². The molecule has 0 aliphatic rings. The van der Waals surface area contributed by atoms with Crippen LogP contribution < -0.4 is 11.1 Å². The van der Waals surface area contributed by atoms with Gasteiger partial charge in [0.15, 0.2) is 6.61 Å². The van der Waals surface area contributed by atoms with Gasteiger partial charge in [0.1, 0.15) is 5.69 Å². The molecule has 0 saturated carbocycles. The Morgan fingerprint density at radius 1 is 1.16 bits per heavy atom. The first-order chi connectivity index (χ1) is 11.8. The number of ether oxygens (including phenoxy) is 1. The molecule has 0 radical (unpaired) electrons. The number of nitrogens with zero attached hydrogens (tertiary/aromatic N) is 1. The molecular weight excluding hydrogens is 373 g/mol. The zero-order chi connectivity index (χ0) is 18.6. The van der Waals surface area contributed by atoms with Gasteiger partial charge in [-0.25, -0.2) is 4.79 Å². The van der Waals surface area contributed by atoms with Crippen LogP contribution in [-0.2, 0) is 9.53 Å². The van der Waals surface area contributed by atoms with Gasteiger partial charge >= 0.3 is 5.97 Å². The second kappa shape index (κ2) is 7.82. The van der Waals surface area contributed by atoms with Crippen molar-refractivity contribution < 1.29 is 19.2 Å². The van der Waals surface area contributed by atoms with Crippen LogP contribution in [0, 0.1) is 10.1 Å². The first kappa shape index (κ1) is 18.5. The Labute approximate surface area is 151 Å². The van der Waals surface area contributed by atoms with Crippen molar-refractivity contribution in [3.63, 3.8) is 0 Å². The maximum atomic E-state index is 11.9. The van der Waals surface area contributed by atoms with Crippen molar-refractivity contribution in [2.24, 2.45) is 0 Å². The summed E-state index contributed by atoms with van der Waals surface area (Å²) >= 11 is 11.4. The summed E-state index contributed by atoms with van der Waals surface area (Å²) in [5, 5.41) is 13.7. The molecule has 0 spiro atoms. The largest absolute Gasteiger partial charge is 0.452 e. The van der Waals surface area contributed by atoms with Gasteiger partial charge in [-0.15, -0.1) is 0 Å². The number of nitrogens with one attached hydrogen (secondary N) is 1. The SMILES string of the molecule is Nc1cc(Cl)ccc1C(=O)OCC(=O)Nc1ccc(Cl)cc1[N+](=O)[O-]. The number of benzene rings is 2. The molecule has 2 rings (SSSR count). The maximum absolute atomic E-state index is 11.9. The summed E-state index contributed by atoms with van der Waals surface area (Å²) in [5.41, 5.74) is 5.35. The van der Waals surface area contributed by atoms with E-state index in [1.807, 2.05) is 0 Å². The molecule has 0 bridgehead atoms. The number of nitro groups is 1. The second-order valence-electron chi connectivity index (χ2n) is 4.77. The Kier molecular flexibility index (Phi) is 5.79. The number of nitro benzene ring substituents is 1. The molecule has 0 unspecified atom stereocenters. The lowest BCUT2D eigenvalue weighted by molar-refractivity contribution is -0.383. The molecule has 8 nitrogen and oxygen atoms in total. The van der Waals surface area contributed by atoms with E-state index in [0.717, 1.165) is 6.07 Å². The minimum absolute atomic E-state index is 0.0506. The third kappa shape index (κ3) is 4.82. The molecule has 10 heteroatoms. The normalized spacial score (nSPS) is 10.2.